The van der Waals surface area contributed by atoms with Crippen molar-refractivity contribution in [3.05, 3.63) is 72.3 Å². The Bertz CT molecular complexity index is 1020. The Balaban J connectivity index is 1.50. The van der Waals surface area contributed by atoms with E-state index in [0.29, 0.717) is 11.3 Å². The van der Waals surface area contributed by atoms with Gasteiger partial charge in [0, 0.05) is 5.56 Å². The van der Waals surface area contributed by atoms with E-state index >= 15 is 0 Å². The van der Waals surface area contributed by atoms with Gasteiger partial charge in [-0.15, -0.1) is 5.10 Å². The molecule has 4 aromatic rings. The molecule has 0 aliphatic rings. The zero-order chi connectivity index (χ0) is 17.2. The van der Waals surface area contributed by atoms with Crippen molar-refractivity contribution >= 4 is 16.9 Å². The lowest BCUT2D eigenvalue weighted by Crippen LogP contribution is -2.26. The minimum absolute atomic E-state index is 0.168. The van der Waals surface area contributed by atoms with Crippen LogP contribution < -0.4 is 5.32 Å². The van der Waals surface area contributed by atoms with Gasteiger partial charge in [0.25, 0.3) is 5.91 Å². The van der Waals surface area contributed by atoms with Crippen LogP contribution in [0.3, 0.4) is 0 Å². The molecule has 25 heavy (non-hydrogen) atoms. The van der Waals surface area contributed by atoms with Crippen LogP contribution in [0.25, 0.3) is 16.7 Å². The van der Waals surface area contributed by atoms with E-state index < -0.39 is 0 Å². The van der Waals surface area contributed by atoms with Gasteiger partial charge >= 0.3 is 0 Å². The van der Waals surface area contributed by atoms with Gasteiger partial charge in [0.15, 0.2) is 0 Å². The number of nitrogens with one attached hydrogen (secondary N) is 2. The van der Waals surface area contributed by atoms with Gasteiger partial charge in [0.2, 0.25) is 0 Å². The molecule has 0 aliphatic carbocycles. The molecule has 2 heterocycles. The van der Waals surface area contributed by atoms with E-state index in [-0.39, 0.29) is 11.9 Å². The summed E-state index contributed by atoms with van der Waals surface area (Å²) in [5, 5.41) is 11.2. The number of hydrogen-bond acceptors (Lipinski definition) is 4. The second-order valence-corrected chi connectivity index (χ2v) is 5.75. The summed E-state index contributed by atoms with van der Waals surface area (Å²) in [5.41, 5.74) is 3.84. The van der Waals surface area contributed by atoms with Crippen LogP contribution in [0.15, 0.2) is 61.1 Å². The fourth-order valence-corrected chi connectivity index (χ4v) is 2.61. The zero-order valence-electron chi connectivity index (χ0n) is 13.5. The van der Waals surface area contributed by atoms with E-state index in [1.54, 1.807) is 23.1 Å². The number of rotatable bonds is 4. The number of aromatic amines is 1. The SMILES string of the molecule is CC(NC(=O)c1ccc2nc[nH]c2c1)c1cn(-c2ccccc2)nn1. The van der Waals surface area contributed by atoms with Crippen LogP contribution >= 0.6 is 0 Å². The van der Waals surface area contributed by atoms with Crippen LogP contribution in [-0.2, 0) is 0 Å². The lowest BCUT2D eigenvalue weighted by molar-refractivity contribution is 0.0939. The van der Waals surface area contributed by atoms with Crippen molar-refractivity contribution in [3.63, 3.8) is 0 Å². The number of fused-ring (bicyclic) bond motifs is 1. The van der Waals surface area contributed by atoms with E-state index in [2.05, 4.69) is 25.6 Å². The number of aromatic nitrogens is 5. The molecule has 7 nitrogen and oxygen atoms in total. The summed E-state index contributed by atoms with van der Waals surface area (Å²) in [4.78, 5) is 19.6. The van der Waals surface area contributed by atoms with E-state index in [4.69, 9.17) is 0 Å². The Morgan fingerprint density at radius 3 is 2.88 bits per heavy atom. The normalized spacial score (nSPS) is 12.2. The van der Waals surface area contributed by atoms with Crippen LogP contribution in [0, 0.1) is 0 Å². The third kappa shape index (κ3) is 2.99. The van der Waals surface area contributed by atoms with Gasteiger partial charge in [-0.3, -0.25) is 4.79 Å². The average Bonchev–Trinajstić information content (AvgIpc) is 3.31. The highest BCUT2D eigenvalue weighted by molar-refractivity contribution is 5.97. The minimum atomic E-state index is -0.262. The topological polar surface area (TPSA) is 88.5 Å². The van der Waals surface area contributed by atoms with E-state index in [1.807, 2.05) is 49.5 Å². The summed E-state index contributed by atoms with van der Waals surface area (Å²) in [6.45, 7) is 1.88. The van der Waals surface area contributed by atoms with Crippen LogP contribution in [0.5, 0.6) is 0 Å². The third-order valence-corrected chi connectivity index (χ3v) is 4.01. The largest absolute Gasteiger partial charge is 0.345 e. The third-order valence-electron chi connectivity index (χ3n) is 4.01. The first-order valence-electron chi connectivity index (χ1n) is 7.92. The highest BCUT2D eigenvalue weighted by Crippen LogP contribution is 2.15. The summed E-state index contributed by atoms with van der Waals surface area (Å²) < 4.78 is 1.69. The molecular formula is C18H16N6O. The molecule has 7 heteroatoms. The number of amides is 1. The Hall–Kier alpha value is -3.48. The molecule has 0 saturated heterocycles. The molecule has 4 rings (SSSR count). The highest BCUT2D eigenvalue weighted by atomic mass is 16.1. The molecule has 1 atom stereocenters. The Morgan fingerprint density at radius 1 is 1.20 bits per heavy atom. The number of carbonyl (C=O) groups is 1. The van der Waals surface area contributed by atoms with Gasteiger partial charge in [0.1, 0.15) is 5.69 Å². The fourth-order valence-electron chi connectivity index (χ4n) is 2.61. The van der Waals surface area contributed by atoms with Crippen LogP contribution in [-0.4, -0.2) is 30.9 Å². The van der Waals surface area contributed by atoms with Crippen molar-refractivity contribution in [1.82, 2.24) is 30.3 Å². The maximum absolute atomic E-state index is 12.5. The second kappa shape index (κ2) is 6.20. The van der Waals surface area contributed by atoms with E-state index in [9.17, 15) is 4.79 Å². The Labute approximate surface area is 143 Å². The maximum atomic E-state index is 12.5. The van der Waals surface area contributed by atoms with Gasteiger partial charge in [0.05, 0.1) is 35.3 Å². The molecule has 0 saturated carbocycles. The molecule has 1 amide bonds. The van der Waals surface area contributed by atoms with Crippen LogP contribution in [0.2, 0.25) is 0 Å². The Morgan fingerprint density at radius 2 is 2.04 bits per heavy atom. The molecule has 2 N–H and O–H groups in total. The molecule has 0 bridgehead atoms. The predicted molar refractivity (Wildman–Crippen MR) is 93.3 cm³/mol. The molecule has 2 aromatic carbocycles. The van der Waals surface area contributed by atoms with Gasteiger partial charge in [-0.25, -0.2) is 9.67 Å². The summed E-state index contributed by atoms with van der Waals surface area (Å²) in [5.74, 6) is -0.168. The quantitative estimate of drug-likeness (QED) is 0.601. The Kier molecular flexibility index (Phi) is 3.74. The summed E-state index contributed by atoms with van der Waals surface area (Å²) >= 11 is 0. The monoisotopic (exact) mass is 332 g/mol. The van der Waals surface area contributed by atoms with Gasteiger partial charge < -0.3 is 10.3 Å². The van der Waals surface area contributed by atoms with Gasteiger partial charge in [-0.2, -0.15) is 0 Å². The van der Waals surface area contributed by atoms with Crippen molar-refractivity contribution in [2.24, 2.45) is 0 Å². The van der Waals surface area contributed by atoms with E-state index in [1.165, 1.54) is 0 Å². The standard InChI is InChI=1S/C18H16N6O/c1-12(17-10-24(23-22-17)14-5-3-2-4-6-14)21-18(25)13-7-8-15-16(9-13)20-11-19-15/h2-12H,1H3,(H,19,20)(H,21,25). The fraction of sp³-hybridized carbons (Fsp3) is 0.111. The summed E-state index contributed by atoms with van der Waals surface area (Å²) in [6, 6.07) is 14.8. The molecular weight excluding hydrogens is 316 g/mol. The molecule has 1 unspecified atom stereocenters. The first-order chi connectivity index (χ1) is 12.2. The molecule has 0 radical (unpaired) electrons. The lowest BCUT2D eigenvalue weighted by Gasteiger charge is -2.11. The smallest absolute Gasteiger partial charge is 0.251 e. The van der Waals surface area contributed by atoms with E-state index in [0.717, 1.165) is 16.7 Å². The maximum Gasteiger partial charge on any atom is 0.251 e. The summed E-state index contributed by atoms with van der Waals surface area (Å²) in [6.07, 6.45) is 3.43. The number of carbonyl (C=O) groups excluding carboxylic acids is 1. The van der Waals surface area contributed by atoms with Crippen molar-refractivity contribution < 1.29 is 4.79 Å². The first-order valence-corrected chi connectivity index (χ1v) is 7.92. The average molecular weight is 332 g/mol. The van der Waals surface area contributed by atoms with Crippen molar-refractivity contribution in [2.45, 2.75) is 13.0 Å². The van der Waals surface area contributed by atoms with Crippen molar-refractivity contribution in [1.29, 1.82) is 0 Å². The molecule has 124 valence electrons. The van der Waals surface area contributed by atoms with Crippen molar-refractivity contribution in [2.75, 3.05) is 0 Å². The van der Waals surface area contributed by atoms with Gasteiger partial charge in [-0.05, 0) is 37.3 Å². The number of benzene rings is 2. The molecule has 0 spiro atoms. The van der Waals surface area contributed by atoms with Crippen molar-refractivity contribution in [3.8, 4) is 5.69 Å². The number of hydrogen-bond donors (Lipinski definition) is 2. The first kappa shape index (κ1) is 15.1. The lowest BCUT2D eigenvalue weighted by atomic mass is 10.1. The van der Waals surface area contributed by atoms with Crippen LogP contribution in [0.1, 0.15) is 29.0 Å². The second-order valence-electron chi connectivity index (χ2n) is 5.75. The molecule has 0 aliphatic heterocycles. The number of para-hydroxylation sites is 1. The van der Waals surface area contributed by atoms with Gasteiger partial charge in [-0.1, -0.05) is 23.4 Å². The molecule has 2 aromatic heterocycles. The van der Waals surface area contributed by atoms with Crippen LogP contribution in [0.4, 0.5) is 0 Å². The number of H-pyrrole nitrogens is 1. The minimum Gasteiger partial charge on any atom is -0.345 e. The number of nitrogens with zero attached hydrogens (tertiary/aromatic N) is 4. The zero-order valence-corrected chi connectivity index (χ0v) is 13.5. The summed E-state index contributed by atoms with van der Waals surface area (Å²) in [7, 11) is 0. The molecule has 0 fully saturated rings. The predicted octanol–water partition coefficient (Wildman–Crippen LogP) is 2.63. The highest BCUT2D eigenvalue weighted by Gasteiger charge is 2.15. The number of imidazole rings is 1.